The lowest BCUT2D eigenvalue weighted by Crippen LogP contribution is -2.20. The Kier molecular flexibility index (Phi) is 3.29. The molecule has 0 radical (unpaired) electrons. The summed E-state index contributed by atoms with van der Waals surface area (Å²) in [5.41, 5.74) is 5.60. The minimum absolute atomic E-state index is 0.118. The number of benzene rings is 2. The van der Waals surface area contributed by atoms with Crippen LogP contribution in [0.3, 0.4) is 0 Å². The number of hydrogen-bond acceptors (Lipinski definition) is 3. The monoisotopic (exact) mass is 378 g/mol. The molecule has 3 heterocycles. The average Bonchev–Trinajstić information content (AvgIpc) is 3.29. The summed E-state index contributed by atoms with van der Waals surface area (Å²) in [6.07, 6.45) is 6.55. The number of fused-ring (bicyclic) bond motifs is 3. The quantitative estimate of drug-likeness (QED) is 0.551. The molecule has 1 aliphatic heterocycles. The van der Waals surface area contributed by atoms with E-state index < -0.39 is 5.41 Å². The molecule has 2 aliphatic rings. The van der Waals surface area contributed by atoms with Gasteiger partial charge in [-0.1, -0.05) is 36.4 Å². The van der Waals surface area contributed by atoms with Crippen LogP contribution in [0.15, 0.2) is 66.9 Å². The fourth-order valence-electron chi connectivity index (χ4n) is 4.59. The zero-order chi connectivity index (χ0) is 19.4. The summed E-state index contributed by atoms with van der Waals surface area (Å²) in [5, 5.41) is 11.7. The second kappa shape index (κ2) is 5.88. The third-order valence-corrected chi connectivity index (χ3v) is 6.14. The molecular weight excluding hydrogens is 360 g/mol. The van der Waals surface area contributed by atoms with E-state index in [-0.39, 0.29) is 11.8 Å². The van der Waals surface area contributed by atoms with Gasteiger partial charge in [0.2, 0.25) is 5.91 Å². The van der Waals surface area contributed by atoms with Gasteiger partial charge in [0.1, 0.15) is 0 Å². The molecule has 2 aromatic carbocycles. The normalized spacial score (nSPS) is 22.3. The molecule has 1 saturated carbocycles. The van der Waals surface area contributed by atoms with Crippen molar-refractivity contribution in [3.8, 4) is 0 Å². The van der Waals surface area contributed by atoms with E-state index >= 15 is 0 Å². The van der Waals surface area contributed by atoms with E-state index in [2.05, 4.69) is 44.8 Å². The molecular formula is C24H18N4O. The van der Waals surface area contributed by atoms with Crippen molar-refractivity contribution >= 4 is 34.6 Å². The van der Waals surface area contributed by atoms with Crippen LogP contribution in [0.1, 0.15) is 34.9 Å². The van der Waals surface area contributed by atoms with E-state index in [4.69, 9.17) is 0 Å². The standard InChI is InChI=1S/C24H18N4O/c29-23-24(18-6-1-2-7-21(18)26-23)14-19(24)15-8-10-17-20(27-28-22(17)13-15)11-9-16-5-3-4-12-25-16/h1-13,19H,14H2,(H,26,29)(H,27,28)/b11-9+/t19-,24?/m0/s1. The number of carbonyl (C=O) groups is 1. The third kappa shape index (κ3) is 2.37. The smallest absolute Gasteiger partial charge is 0.235 e. The highest BCUT2D eigenvalue weighted by Crippen LogP contribution is 2.64. The van der Waals surface area contributed by atoms with E-state index in [9.17, 15) is 4.79 Å². The number of nitrogens with zero attached hydrogens (tertiary/aromatic N) is 2. The Morgan fingerprint density at radius 3 is 2.83 bits per heavy atom. The highest BCUT2D eigenvalue weighted by atomic mass is 16.2. The lowest BCUT2D eigenvalue weighted by atomic mass is 9.92. The van der Waals surface area contributed by atoms with Crippen molar-refractivity contribution < 1.29 is 4.79 Å². The maximum absolute atomic E-state index is 12.7. The molecule has 6 rings (SSSR count). The Labute approximate surface area is 167 Å². The number of amides is 1. The number of H-pyrrole nitrogens is 1. The summed E-state index contributed by atoms with van der Waals surface area (Å²) < 4.78 is 0. The average molecular weight is 378 g/mol. The van der Waals surface area contributed by atoms with Gasteiger partial charge in [0, 0.05) is 23.2 Å². The Bertz CT molecular complexity index is 1290. The third-order valence-electron chi connectivity index (χ3n) is 6.14. The second-order valence-corrected chi connectivity index (χ2v) is 7.73. The minimum atomic E-state index is -0.411. The van der Waals surface area contributed by atoms with Crippen LogP contribution in [0.25, 0.3) is 23.1 Å². The van der Waals surface area contributed by atoms with E-state index in [1.807, 2.05) is 48.6 Å². The van der Waals surface area contributed by atoms with Crippen molar-refractivity contribution in [2.24, 2.45) is 0 Å². The summed E-state index contributed by atoms with van der Waals surface area (Å²) in [6.45, 7) is 0. The van der Waals surface area contributed by atoms with Crippen LogP contribution in [0.2, 0.25) is 0 Å². The highest BCUT2D eigenvalue weighted by Gasteiger charge is 2.65. The first-order chi connectivity index (χ1) is 14.3. The van der Waals surface area contributed by atoms with E-state index in [0.717, 1.165) is 40.0 Å². The zero-order valence-electron chi connectivity index (χ0n) is 15.6. The number of aromatic amines is 1. The van der Waals surface area contributed by atoms with Crippen molar-refractivity contribution in [1.29, 1.82) is 0 Å². The molecule has 1 fully saturated rings. The van der Waals surface area contributed by atoms with Crippen LogP contribution in [0.5, 0.6) is 0 Å². The zero-order valence-corrected chi connectivity index (χ0v) is 15.6. The molecule has 4 aromatic rings. The van der Waals surface area contributed by atoms with Crippen molar-refractivity contribution in [2.75, 3.05) is 5.32 Å². The first kappa shape index (κ1) is 16.2. The molecule has 1 unspecified atom stereocenters. The number of aromatic nitrogens is 3. The number of carbonyl (C=O) groups excluding carboxylic acids is 1. The van der Waals surface area contributed by atoms with Crippen LogP contribution in [-0.4, -0.2) is 21.1 Å². The molecule has 5 nitrogen and oxygen atoms in total. The Hall–Kier alpha value is -3.73. The second-order valence-electron chi connectivity index (χ2n) is 7.73. The van der Waals surface area contributed by atoms with Gasteiger partial charge in [0.05, 0.1) is 22.3 Å². The van der Waals surface area contributed by atoms with Gasteiger partial charge in [-0.2, -0.15) is 5.10 Å². The molecule has 5 heteroatoms. The molecule has 2 aromatic heterocycles. The topological polar surface area (TPSA) is 70.7 Å². The van der Waals surface area contributed by atoms with E-state index in [0.29, 0.717) is 0 Å². The lowest BCUT2D eigenvalue weighted by Gasteiger charge is -2.08. The van der Waals surface area contributed by atoms with Crippen molar-refractivity contribution in [2.45, 2.75) is 17.8 Å². The Morgan fingerprint density at radius 1 is 1.03 bits per heavy atom. The number of pyridine rings is 1. The molecule has 1 amide bonds. The van der Waals surface area contributed by atoms with Gasteiger partial charge in [-0.05, 0) is 54.0 Å². The minimum Gasteiger partial charge on any atom is -0.325 e. The van der Waals surface area contributed by atoms with Crippen LogP contribution in [0.4, 0.5) is 5.69 Å². The fraction of sp³-hybridized carbons (Fsp3) is 0.125. The molecule has 29 heavy (non-hydrogen) atoms. The van der Waals surface area contributed by atoms with Gasteiger partial charge in [-0.25, -0.2) is 0 Å². The van der Waals surface area contributed by atoms with Crippen molar-refractivity contribution in [1.82, 2.24) is 15.2 Å². The summed E-state index contributed by atoms with van der Waals surface area (Å²) in [6, 6.07) is 20.2. The predicted molar refractivity (Wildman–Crippen MR) is 113 cm³/mol. The highest BCUT2D eigenvalue weighted by molar-refractivity contribution is 6.09. The molecule has 2 atom stereocenters. The maximum Gasteiger partial charge on any atom is 0.235 e. The molecule has 1 spiro atoms. The molecule has 0 saturated heterocycles. The Morgan fingerprint density at radius 2 is 1.93 bits per heavy atom. The molecule has 0 bridgehead atoms. The number of hydrogen-bond donors (Lipinski definition) is 2. The number of anilines is 1. The first-order valence-electron chi connectivity index (χ1n) is 9.74. The summed E-state index contributed by atoms with van der Waals surface area (Å²) >= 11 is 0. The Balaban J connectivity index is 1.33. The van der Waals surface area contributed by atoms with Crippen LogP contribution < -0.4 is 5.32 Å². The van der Waals surface area contributed by atoms with Gasteiger partial charge in [0.15, 0.2) is 0 Å². The SMILES string of the molecule is O=C1Nc2ccccc2C12C[C@H]2c1ccc2c(/C=C/c3ccccn3)n[nH]c2c1. The van der Waals surface area contributed by atoms with E-state index in [1.165, 1.54) is 5.56 Å². The van der Waals surface area contributed by atoms with Gasteiger partial charge in [-0.3, -0.25) is 14.9 Å². The van der Waals surface area contributed by atoms with Crippen molar-refractivity contribution in [3.63, 3.8) is 0 Å². The van der Waals surface area contributed by atoms with Crippen LogP contribution in [0, 0.1) is 0 Å². The van der Waals surface area contributed by atoms with Gasteiger partial charge < -0.3 is 5.32 Å². The van der Waals surface area contributed by atoms with Crippen molar-refractivity contribution in [3.05, 3.63) is 89.4 Å². The van der Waals surface area contributed by atoms with Crippen LogP contribution >= 0.6 is 0 Å². The number of rotatable bonds is 3. The predicted octanol–water partition coefficient (Wildman–Crippen LogP) is 4.51. The molecule has 140 valence electrons. The fourth-order valence-corrected chi connectivity index (χ4v) is 4.59. The largest absolute Gasteiger partial charge is 0.325 e. The number of para-hydroxylation sites is 1. The molecule has 2 N–H and O–H groups in total. The lowest BCUT2D eigenvalue weighted by molar-refractivity contribution is -0.118. The van der Waals surface area contributed by atoms with Crippen LogP contribution in [-0.2, 0) is 10.2 Å². The molecule has 1 aliphatic carbocycles. The maximum atomic E-state index is 12.7. The van der Waals surface area contributed by atoms with Gasteiger partial charge in [0.25, 0.3) is 0 Å². The van der Waals surface area contributed by atoms with Gasteiger partial charge in [-0.15, -0.1) is 0 Å². The van der Waals surface area contributed by atoms with Gasteiger partial charge >= 0.3 is 0 Å². The summed E-state index contributed by atoms with van der Waals surface area (Å²) in [7, 11) is 0. The first-order valence-corrected chi connectivity index (χ1v) is 9.74. The summed E-state index contributed by atoms with van der Waals surface area (Å²) in [4.78, 5) is 17.0. The summed E-state index contributed by atoms with van der Waals surface area (Å²) in [5.74, 6) is 0.318. The number of nitrogens with one attached hydrogen (secondary N) is 2. The van der Waals surface area contributed by atoms with E-state index in [1.54, 1.807) is 6.20 Å².